The Morgan fingerprint density at radius 2 is 1.85 bits per heavy atom. The number of methoxy groups -OCH3 is 1. The number of ether oxygens (including phenoxy) is 1. The molecule has 1 fully saturated rings. The van der Waals surface area contributed by atoms with Crippen LogP contribution in [-0.4, -0.2) is 73.0 Å². The molecule has 178 valence electrons. The van der Waals surface area contributed by atoms with Gasteiger partial charge in [0.1, 0.15) is 10.8 Å². The van der Waals surface area contributed by atoms with Gasteiger partial charge in [-0.15, -0.1) is 11.3 Å². The maximum absolute atomic E-state index is 13.2. The Bertz CT molecular complexity index is 1170. The van der Waals surface area contributed by atoms with Gasteiger partial charge >= 0.3 is 0 Å². The fourth-order valence-corrected chi connectivity index (χ4v) is 4.77. The van der Waals surface area contributed by atoms with Gasteiger partial charge in [-0.3, -0.25) is 19.8 Å². The molecule has 1 aromatic heterocycles. The molecule has 0 unspecified atom stereocenters. The molecule has 2 heterocycles. The number of carbonyl (C=O) groups is 1. The lowest BCUT2D eigenvalue weighted by molar-refractivity contribution is -0.384. The van der Waals surface area contributed by atoms with E-state index in [1.165, 1.54) is 12.1 Å². The maximum atomic E-state index is 13.2. The number of piperazine rings is 1. The number of nitro benzene ring substituents is 1. The Labute approximate surface area is 202 Å². The summed E-state index contributed by atoms with van der Waals surface area (Å²) in [6.07, 6.45) is 0. The van der Waals surface area contributed by atoms with Crippen LogP contribution in [0.1, 0.15) is 16.1 Å². The summed E-state index contributed by atoms with van der Waals surface area (Å²) in [5, 5.41) is 14.3. The first-order valence-corrected chi connectivity index (χ1v) is 11.8. The zero-order chi connectivity index (χ0) is 24.2. The van der Waals surface area contributed by atoms with Gasteiger partial charge in [0.2, 0.25) is 0 Å². The van der Waals surface area contributed by atoms with Crippen LogP contribution in [0.3, 0.4) is 0 Å². The fourth-order valence-electron chi connectivity index (χ4n) is 3.95. The third-order valence-electron chi connectivity index (χ3n) is 5.84. The van der Waals surface area contributed by atoms with Crippen molar-refractivity contribution < 1.29 is 14.5 Å². The molecule has 1 saturated heterocycles. The van der Waals surface area contributed by atoms with E-state index < -0.39 is 4.92 Å². The molecule has 0 spiro atoms. The minimum atomic E-state index is -0.470. The highest BCUT2D eigenvalue weighted by atomic mass is 32.1. The van der Waals surface area contributed by atoms with Crippen molar-refractivity contribution in [3.8, 4) is 16.3 Å². The molecule has 10 heteroatoms. The molecule has 1 aliphatic rings. The first-order valence-electron chi connectivity index (χ1n) is 10.9. The molecule has 0 bridgehead atoms. The molecular formula is C24H27N5O4S. The summed E-state index contributed by atoms with van der Waals surface area (Å²) in [5.41, 5.74) is 3.01. The summed E-state index contributed by atoms with van der Waals surface area (Å²) in [6.45, 7) is 3.27. The van der Waals surface area contributed by atoms with Gasteiger partial charge in [0, 0.05) is 75.6 Å². The van der Waals surface area contributed by atoms with Crippen LogP contribution >= 0.6 is 11.3 Å². The highest BCUT2D eigenvalue weighted by Crippen LogP contribution is 2.28. The number of amides is 1. The van der Waals surface area contributed by atoms with Gasteiger partial charge in [0.25, 0.3) is 11.6 Å². The second-order valence-electron chi connectivity index (χ2n) is 8.29. The van der Waals surface area contributed by atoms with Crippen molar-refractivity contribution in [3.63, 3.8) is 0 Å². The number of aromatic nitrogens is 1. The number of rotatable bonds is 7. The molecule has 0 N–H and O–H groups in total. The van der Waals surface area contributed by atoms with Crippen LogP contribution in [0.25, 0.3) is 10.6 Å². The van der Waals surface area contributed by atoms with Crippen molar-refractivity contribution in [2.24, 2.45) is 0 Å². The lowest BCUT2D eigenvalue weighted by atomic mass is 10.1. The van der Waals surface area contributed by atoms with Crippen molar-refractivity contribution in [1.29, 1.82) is 0 Å². The largest absolute Gasteiger partial charge is 0.497 e. The van der Waals surface area contributed by atoms with Crippen LogP contribution in [0, 0.1) is 10.1 Å². The lowest BCUT2D eigenvalue weighted by Crippen LogP contribution is -2.48. The van der Waals surface area contributed by atoms with E-state index in [0.717, 1.165) is 22.0 Å². The fraction of sp³-hybridized carbons (Fsp3) is 0.333. The number of nitro groups is 1. The first kappa shape index (κ1) is 23.7. The Kier molecular flexibility index (Phi) is 7.09. The number of thiazole rings is 1. The van der Waals surface area contributed by atoms with Crippen LogP contribution in [0.2, 0.25) is 0 Å². The van der Waals surface area contributed by atoms with Gasteiger partial charge in [0.15, 0.2) is 0 Å². The number of benzene rings is 2. The third-order valence-corrected chi connectivity index (χ3v) is 6.78. The molecule has 0 saturated carbocycles. The van der Waals surface area contributed by atoms with Crippen molar-refractivity contribution in [2.45, 2.75) is 6.54 Å². The van der Waals surface area contributed by atoms with E-state index in [2.05, 4.69) is 10.3 Å². The molecule has 0 atom stereocenters. The predicted molar refractivity (Wildman–Crippen MR) is 133 cm³/mol. The van der Waals surface area contributed by atoms with Crippen molar-refractivity contribution in [2.75, 3.05) is 52.3 Å². The van der Waals surface area contributed by atoms with E-state index in [9.17, 15) is 14.9 Å². The molecule has 0 radical (unpaired) electrons. The summed E-state index contributed by atoms with van der Waals surface area (Å²) in [7, 11) is 5.29. The highest BCUT2D eigenvalue weighted by Gasteiger charge is 2.26. The minimum absolute atomic E-state index is 0.0798. The second kappa shape index (κ2) is 10.2. The maximum Gasteiger partial charge on any atom is 0.270 e. The number of nitrogens with zero attached hydrogens (tertiary/aromatic N) is 5. The van der Waals surface area contributed by atoms with E-state index in [1.54, 1.807) is 34.3 Å². The Morgan fingerprint density at radius 1 is 1.15 bits per heavy atom. The zero-order valence-corrected chi connectivity index (χ0v) is 20.2. The monoisotopic (exact) mass is 481 g/mol. The van der Waals surface area contributed by atoms with Crippen LogP contribution < -0.4 is 9.64 Å². The summed E-state index contributed by atoms with van der Waals surface area (Å²) in [5.74, 6) is 0.637. The Hall–Kier alpha value is -3.50. The van der Waals surface area contributed by atoms with Gasteiger partial charge in [-0.05, 0) is 30.3 Å². The Balaban J connectivity index is 1.38. The van der Waals surface area contributed by atoms with Crippen LogP contribution in [0.4, 0.5) is 11.4 Å². The van der Waals surface area contributed by atoms with Crippen molar-refractivity contribution in [3.05, 3.63) is 69.2 Å². The zero-order valence-electron chi connectivity index (χ0n) is 19.4. The van der Waals surface area contributed by atoms with Gasteiger partial charge in [0.05, 0.1) is 23.3 Å². The summed E-state index contributed by atoms with van der Waals surface area (Å²) in [6, 6.07) is 12.3. The molecule has 34 heavy (non-hydrogen) atoms. The predicted octanol–water partition coefficient (Wildman–Crippen LogP) is 3.75. The SMILES string of the molecule is COc1ccc(-c2nc(CN3CCN(C(=O)c4cc([N+](=O)[O-])ccc4N(C)C)CC3)cs2)cc1. The van der Waals surface area contributed by atoms with Gasteiger partial charge < -0.3 is 14.5 Å². The standard InChI is InChI=1S/C24H27N5O4S/c1-26(2)22-9-6-19(29(31)32)14-21(22)24(30)28-12-10-27(11-13-28)15-18-16-34-23(25-18)17-4-7-20(33-3)8-5-17/h4-9,14,16H,10-13,15H2,1-3H3. The molecule has 9 nitrogen and oxygen atoms in total. The van der Waals surface area contributed by atoms with E-state index >= 15 is 0 Å². The summed E-state index contributed by atoms with van der Waals surface area (Å²) in [4.78, 5) is 34.6. The summed E-state index contributed by atoms with van der Waals surface area (Å²) >= 11 is 1.61. The lowest BCUT2D eigenvalue weighted by Gasteiger charge is -2.35. The normalized spacial score (nSPS) is 14.1. The number of non-ortho nitro benzene ring substituents is 1. The van der Waals surface area contributed by atoms with Crippen LogP contribution in [0.15, 0.2) is 47.8 Å². The van der Waals surface area contributed by atoms with Gasteiger partial charge in [-0.1, -0.05) is 0 Å². The van der Waals surface area contributed by atoms with Crippen molar-refractivity contribution in [1.82, 2.24) is 14.8 Å². The van der Waals surface area contributed by atoms with Crippen LogP contribution in [0.5, 0.6) is 5.75 Å². The molecule has 1 aliphatic heterocycles. The minimum Gasteiger partial charge on any atom is -0.497 e. The van der Waals surface area contributed by atoms with Crippen LogP contribution in [-0.2, 0) is 6.54 Å². The van der Waals surface area contributed by atoms with E-state index in [1.807, 2.05) is 38.4 Å². The number of carbonyl (C=O) groups excluding carboxylic acids is 1. The van der Waals surface area contributed by atoms with E-state index in [-0.39, 0.29) is 11.6 Å². The topological polar surface area (TPSA) is 92.0 Å². The number of hydrogen-bond acceptors (Lipinski definition) is 8. The van der Waals surface area contributed by atoms with E-state index in [4.69, 9.17) is 9.72 Å². The Morgan fingerprint density at radius 3 is 2.47 bits per heavy atom. The molecule has 3 aromatic rings. The van der Waals surface area contributed by atoms with Gasteiger partial charge in [-0.25, -0.2) is 4.98 Å². The average Bonchev–Trinajstić information content (AvgIpc) is 3.32. The van der Waals surface area contributed by atoms with E-state index in [0.29, 0.717) is 44.0 Å². The number of anilines is 1. The second-order valence-corrected chi connectivity index (χ2v) is 9.15. The third kappa shape index (κ3) is 5.18. The highest BCUT2D eigenvalue weighted by molar-refractivity contribution is 7.13. The first-order chi connectivity index (χ1) is 16.4. The molecular weight excluding hydrogens is 454 g/mol. The average molecular weight is 482 g/mol. The van der Waals surface area contributed by atoms with Crippen molar-refractivity contribution >= 4 is 28.6 Å². The smallest absolute Gasteiger partial charge is 0.270 e. The number of hydrogen-bond donors (Lipinski definition) is 0. The molecule has 4 rings (SSSR count). The quantitative estimate of drug-likeness (QED) is 0.375. The molecule has 1 amide bonds. The van der Waals surface area contributed by atoms with Gasteiger partial charge in [-0.2, -0.15) is 0 Å². The molecule has 0 aliphatic carbocycles. The summed E-state index contributed by atoms with van der Waals surface area (Å²) < 4.78 is 5.21. The molecule has 2 aromatic carbocycles.